The minimum absolute atomic E-state index is 0.511. The highest BCUT2D eigenvalue weighted by Crippen LogP contribution is 2.34. The van der Waals surface area contributed by atoms with Gasteiger partial charge in [-0.15, -0.1) is 0 Å². The van der Waals surface area contributed by atoms with Crippen molar-refractivity contribution in [2.75, 3.05) is 37.3 Å². The quantitative estimate of drug-likeness (QED) is 0.867. The van der Waals surface area contributed by atoms with Crippen LogP contribution < -0.4 is 10.6 Å². The van der Waals surface area contributed by atoms with Gasteiger partial charge in [0, 0.05) is 26.2 Å². The zero-order valence-electron chi connectivity index (χ0n) is 11.5. The van der Waals surface area contributed by atoms with Crippen molar-refractivity contribution in [3.05, 3.63) is 22.2 Å². The number of hydrogen-bond donors (Lipinski definition) is 1. The van der Waals surface area contributed by atoms with Gasteiger partial charge in [-0.05, 0) is 31.5 Å². The molecule has 0 aromatic heterocycles. The van der Waals surface area contributed by atoms with Gasteiger partial charge < -0.3 is 15.5 Å². The number of nitrogen functional groups attached to an aromatic ring is 1. The van der Waals surface area contributed by atoms with E-state index in [4.69, 9.17) is 28.9 Å². The van der Waals surface area contributed by atoms with Gasteiger partial charge in [0.25, 0.3) is 0 Å². The molecule has 0 amide bonds. The van der Waals surface area contributed by atoms with Crippen LogP contribution in [0, 0.1) is 0 Å². The Kier molecular flexibility index (Phi) is 4.82. The van der Waals surface area contributed by atoms with E-state index in [1.807, 2.05) is 6.07 Å². The van der Waals surface area contributed by atoms with Gasteiger partial charge in [-0.2, -0.15) is 0 Å². The summed E-state index contributed by atoms with van der Waals surface area (Å²) in [5.74, 6) is 0. The highest BCUT2D eigenvalue weighted by atomic mass is 35.5. The second kappa shape index (κ2) is 6.21. The average molecular weight is 302 g/mol. The van der Waals surface area contributed by atoms with E-state index in [0.717, 1.165) is 38.2 Å². The second-order valence-electron chi connectivity index (χ2n) is 5.10. The highest BCUT2D eigenvalue weighted by Gasteiger charge is 2.23. The Hall–Kier alpha value is -0.640. The van der Waals surface area contributed by atoms with E-state index in [0.29, 0.717) is 21.8 Å². The number of halogens is 2. The van der Waals surface area contributed by atoms with Crippen molar-refractivity contribution in [2.45, 2.75) is 25.8 Å². The molecule has 1 aliphatic heterocycles. The summed E-state index contributed by atoms with van der Waals surface area (Å²) in [4.78, 5) is 4.72. The molecule has 0 saturated carbocycles. The molecule has 0 unspecified atom stereocenters. The number of nitrogens with zero attached hydrogens (tertiary/aromatic N) is 2. The summed E-state index contributed by atoms with van der Waals surface area (Å²) in [6.45, 7) is 5.63. The number of piperidine rings is 1. The Morgan fingerprint density at radius 3 is 2.42 bits per heavy atom. The van der Waals surface area contributed by atoms with Crippen LogP contribution in [0.1, 0.15) is 19.8 Å². The lowest BCUT2D eigenvalue weighted by molar-refractivity contribution is 0.221. The van der Waals surface area contributed by atoms with E-state index in [-0.39, 0.29) is 0 Å². The van der Waals surface area contributed by atoms with Gasteiger partial charge in [0.2, 0.25) is 0 Å². The fourth-order valence-corrected chi connectivity index (χ4v) is 3.01. The molecule has 1 saturated heterocycles. The third-order valence-electron chi connectivity index (χ3n) is 4.00. The van der Waals surface area contributed by atoms with Crippen molar-refractivity contribution in [1.29, 1.82) is 0 Å². The van der Waals surface area contributed by atoms with E-state index in [1.165, 1.54) is 0 Å². The average Bonchev–Trinajstić information content (AvgIpc) is 2.42. The third-order valence-corrected chi connectivity index (χ3v) is 4.72. The first kappa shape index (κ1) is 14.8. The first-order valence-corrected chi connectivity index (χ1v) is 7.48. The lowest BCUT2D eigenvalue weighted by Crippen LogP contribution is -2.43. The molecule has 1 aromatic rings. The maximum atomic E-state index is 6.09. The Balaban J connectivity index is 2.12. The number of nitrogens with two attached hydrogens (primary N) is 1. The molecular weight excluding hydrogens is 281 g/mol. The Bertz CT molecular complexity index is 443. The van der Waals surface area contributed by atoms with Crippen LogP contribution in [0.25, 0.3) is 0 Å². The first-order valence-electron chi connectivity index (χ1n) is 6.72. The van der Waals surface area contributed by atoms with Crippen LogP contribution >= 0.6 is 23.2 Å². The lowest BCUT2D eigenvalue weighted by Gasteiger charge is -2.38. The van der Waals surface area contributed by atoms with Crippen LogP contribution in [0.4, 0.5) is 11.4 Å². The van der Waals surface area contributed by atoms with Gasteiger partial charge in [0.1, 0.15) is 0 Å². The first-order chi connectivity index (χ1) is 9.02. The van der Waals surface area contributed by atoms with Crippen LogP contribution in [0.5, 0.6) is 0 Å². The van der Waals surface area contributed by atoms with Gasteiger partial charge in [-0.25, -0.2) is 0 Å². The predicted octanol–water partition coefficient (Wildman–Crippen LogP) is 3.50. The number of benzene rings is 1. The van der Waals surface area contributed by atoms with Gasteiger partial charge in [-0.3, -0.25) is 0 Å². The van der Waals surface area contributed by atoms with Crippen molar-refractivity contribution >= 4 is 34.6 Å². The molecule has 19 heavy (non-hydrogen) atoms. The molecule has 1 aromatic carbocycles. The monoisotopic (exact) mass is 301 g/mol. The molecule has 0 radical (unpaired) electrons. The normalized spacial score (nSPS) is 17.7. The van der Waals surface area contributed by atoms with Crippen LogP contribution in [0.15, 0.2) is 12.1 Å². The van der Waals surface area contributed by atoms with Crippen LogP contribution in [-0.4, -0.2) is 37.6 Å². The van der Waals surface area contributed by atoms with Gasteiger partial charge in [0.15, 0.2) is 0 Å². The Morgan fingerprint density at radius 1 is 1.26 bits per heavy atom. The summed E-state index contributed by atoms with van der Waals surface area (Å²) >= 11 is 12.1. The fourth-order valence-electron chi connectivity index (χ4n) is 2.68. The summed E-state index contributed by atoms with van der Waals surface area (Å²) < 4.78 is 0. The van der Waals surface area contributed by atoms with Crippen molar-refractivity contribution in [3.63, 3.8) is 0 Å². The van der Waals surface area contributed by atoms with Gasteiger partial charge in [0.05, 0.1) is 21.4 Å². The van der Waals surface area contributed by atoms with Crippen molar-refractivity contribution in [2.24, 2.45) is 0 Å². The molecule has 2 rings (SSSR count). The summed E-state index contributed by atoms with van der Waals surface area (Å²) in [7, 11) is 2.09. The van der Waals surface area contributed by atoms with E-state index in [1.54, 1.807) is 6.07 Å². The van der Waals surface area contributed by atoms with E-state index >= 15 is 0 Å². The van der Waals surface area contributed by atoms with Crippen molar-refractivity contribution in [3.8, 4) is 0 Å². The third kappa shape index (κ3) is 3.28. The van der Waals surface area contributed by atoms with Crippen molar-refractivity contribution < 1.29 is 0 Å². The molecule has 2 N–H and O–H groups in total. The van der Waals surface area contributed by atoms with Crippen LogP contribution in [-0.2, 0) is 0 Å². The maximum absolute atomic E-state index is 6.09. The fraction of sp³-hybridized carbons (Fsp3) is 0.571. The molecule has 5 heteroatoms. The molecule has 0 spiro atoms. The van der Waals surface area contributed by atoms with E-state index in [9.17, 15) is 0 Å². The number of hydrogen-bond acceptors (Lipinski definition) is 3. The highest BCUT2D eigenvalue weighted by molar-refractivity contribution is 6.42. The molecule has 3 nitrogen and oxygen atoms in total. The molecule has 1 aliphatic rings. The smallest absolute Gasteiger partial charge is 0.0615 e. The molecule has 1 heterocycles. The minimum atomic E-state index is 0.511. The van der Waals surface area contributed by atoms with Crippen molar-refractivity contribution in [1.82, 2.24) is 4.90 Å². The van der Waals surface area contributed by atoms with Crippen LogP contribution in [0.2, 0.25) is 10.0 Å². The molecule has 0 atom stereocenters. The molecule has 1 fully saturated rings. The Labute approximate surface area is 125 Å². The molecule has 0 bridgehead atoms. The SMILES string of the molecule is CCN1CCC(N(C)c2cc(Cl)c(Cl)cc2N)CC1. The zero-order valence-corrected chi connectivity index (χ0v) is 13.0. The van der Waals surface area contributed by atoms with Gasteiger partial charge >= 0.3 is 0 Å². The van der Waals surface area contributed by atoms with E-state index < -0.39 is 0 Å². The van der Waals surface area contributed by atoms with Gasteiger partial charge in [-0.1, -0.05) is 30.1 Å². The number of likely N-dealkylation sites (tertiary alicyclic amines) is 1. The minimum Gasteiger partial charge on any atom is -0.397 e. The number of anilines is 2. The maximum Gasteiger partial charge on any atom is 0.0615 e. The predicted molar refractivity (Wildman–Crippen MR) is 84.4 cm³/mol. The summed E-state index contributed by atoms with van der Waals surface area (Å²) in [5, 5.41) is 1.07. The molecular formula is C14H21Cl2N3. The molecule has 0 aliphatic carbocycles. The lowest BCUT2D eigenvalue weighted by atomic mass is 10.0. The topological polar surface area (TPSA) is 32.5 Å². The summed E-state index contributed by atoms with van der Waals surface area (Å²) in [5.41, 5.74) is 7.72. The number of rotatable bonds is 3. The summed E-state index contributed by atoms with van der Waals surface area (Å²) in [6, 6.07) is 4.12. The molecule has 106 valence electrons. The summed E-state index contributed by atoms with van der Waals surface area (Å²) in [6.07, 6.45) is 2.31. The largest absolute Gasteiger partial charge is 0.397 e. The standard InChI is InChI=1S/C14H21Cl2N3/c1-3-19-6-4-10(5-7-19)18(2)14-9-12(16)11(15)8-13(14)17/h8-10H,3-7,17H2,1-2H3. The Morgan fingerprint density at radius 2 is 1.84 bits per heavy atom. The second-order valence-corrected chi connectivity index (χ2v) is 5.92. The van der Waals surface area contributed by atoms with Crippen LogP contribution in [0.3, 0.4) is 0 Å². The van der Waals surface area contributed by atoms with E-state index in [2.05, 4.69) is 23.8 Å². The zero-order chi connectivity index (χ0) is 14.0.